The molecule has 0 amide bonds. The molecule has 56 heavy (non-hydrogen) atoms. The van der Waals surface area contributed by atoms with Gasteiger partial charge in [-0.15, -0.1) is 0 Å². The maximum Gasteiger partial charge on any atom is 0.170 e. The number of hydrogen-bond acceptors (Lipinski definition) is 7. The molecule has 3 heterocycles. The van der Waals surface area contributed by atoms with E-state index in [2.05, 4.69) is 30.3 Å². The Balaban J connectivity index is 1.19. The Hall–Kier alpha value is -7.77. The molecule has 7 aromatic carbocycles. The van der Waals surface area contributed by atoms with Crippen LogP contribution in [0.5, 0.6) is 23.0 Å². The number of fused-ring (bicyclic) bond motifs is 2. The number of para-hydroxylation sites is 2. The van der Waals surface area contributed by atoms with Crippen molar-refractivity contribution in [3.05, 3.63) is 188 Å². The molecular formula is C49H31N5O2. The Kier molecular flexibility index (Phi) is 8.35. The number of hydrogen-bond donors (Lipinski definition) is 0. The molecule has 7 nitrogen and oxygen atoms in total. The summed E-state index contributed by atoms with van der Waals surface area (Å²) in [5.74, 6) is 4.92. The SMILES string of the molecule is c1ccc(-c2cc(-c3ccc(-c4ccc5c(c4)Oc4ccccc4O5)c(-c4nc(-c5ccccc5)nc(-c5ccccc5)n4)c3)nc(-c3ccccc3)n2)cc1. The molecule has 0 bridgehead atoms. The van der Waals surface area contributed by atoms with Crippen molar-refractivity contribution in [3.8, 4) is 102 Å². The van der Waals surface area contributed by atoms with Crippen molar-refractivity contribution in [1.82, 2.24) is 24.9 Å². The zero-order chi connectivity index (χ0) is 37.3. The van der Waals surface area contributed by atoms with Crippen LogP contribution in [0.3, 0.4) is 0 Å². The van der Waals surface area contributed by atoms with E-state index in [0.29, 0.717) is 46.3 Å². The van der Waals surface area contributed by atoms with Gasteiger partial charge in [-0.2, -0.15) is 0 Å². The zero-order valence-corrected chi connectivity index (χ0v) is 30.0. The Morgan fingerprint density at radius 3 is 1.25 bits per heavy atom. The zero-order valence-electron chi connectivity index (χ0n) is 30.0. The van der Waals surface area contributed by atoms with Crippen molar-refractivity contribution in [3.63, 3.8) is 0 Å². The lowest BCUT2D eigenvalue weighted by Gasteiger charge is -2.21. The Labute approximate surface area is 323 Å². The van der Waals surface area contributed by atoms with Crippen LogP contribution in [-0.4, -0.2) is 24.9 Å². The molecule has 9 aromatic rings. The number of nitrogens with zero attached hydrogens (tertiary/aromatic N) is 5. The van der Waals surface area contributed by atoms with Crippen LogP contribution in [0, 0.1) is 0 Å². The molecule has 10 rings (SSSR count). The van der Waals surface area contributed by atoms with Crippen molar-refractivity contribution in [2.45, 2.75) is 0 Å². The fraction of sp³-hybridized carbons (Fsp3) is 0. The van der Waals surface area contributed by atoms with Crippen LogP contribution in [0.2, 0.25) is 0 Å². The van der Waals surface area contributed by atoms with Crippen molar-refractivity contribution in [2.75, 3.05) is 0 Å². The summed E-state index contributed by atoms with van der Waals surface area (Å²) in [6.45, 7) is 0. The minimum atomic E-state index is 0.524. The summed E-state index contributed by atoms with van der Waals surface area (Å²) in [5.41, 5.74) is 8.80. The maximum absolute atomic E-state index is 6.36. The smallest absolute Gasteiger partial charge is 0.170 e. The molecule has 0 saturated carbocycles. The summed E-state index contributed by atoms with van der Waals surface area (Å²) >= 11 is 0. The molecule has 0 aliphatic carbocycles. The first-order chi connectivity index (χ1) is 27.7. The van der Waals surface area contributed by atoms with Crippen LogP contribution in [0.4, 0.5) is 0 Å². The van der Waals surface area contributed by atoms with Crippen LogP contribution in [-0.2, 0) is 0 Å². The van der Waals surface area contributed by atoms with Crippen molar-refractivity contribution >= 4 is 0 Å². The molecular weight excluding hydrogens is 691 g/mol. The first kappa shape index (κ1) is 32.8. The largest absolute Gasteiger partial charge is 0.450 e. The highest BCUT2D eigenvalue weighted by atomic mass is 16.6. The van der Waals surface area contributed by atoms with E-state index < -0.39 is 0 Å². The van der Waals surface area contributed by atoms with Crippen molar-refractivity contribution in [1.29, 1.82) is 0 Å². The van der Waals surface area contributed by atoms with Gasteiger partial charge >= 0.3 is 0 Å². The predicted molar refractivity (Wildman–Crippen MR) is 220 cm³/mol. The summed E-state index contributed by atoms with van der Waals surface area (Å²) in [6.07, 6.45) is 0. The monoisotopic (exact) mass is 721 g/mol. The molecule has 0 atom stereocenters. The summed E-state index contributed by atoms with van der Waals surface area (Å²) in [6, 6.07) is 62.3. The second-order valence-corrected chi connectivity index (χ2v) is 13.3. The van der Waals surface area contributed by atoms with Crippen LogP contribution < -0.4 is 9.47 Å². The van der Waals surface area contributed by atoms with E-state index in [1.54, 1.807) is 0 Å². The molecule has 2 aromatic heterocycles. The molecule has 0 saturated heterocycles. The average Bonchev–Trinajstić information content (AvgIpc) is 3.29. The minimum absolute atomic E-state index is 0.524. The van der Waals surface area contributed by atoms with E-state index in [9.17, 15) is 0 Å². The Bertz CT molecular complexity index is 2740. The standard InChI is InChI=1S/C49H31N5O2/c1-5-15-32(16-6-1)40-31-41(51-46(50-40)33-17-7-2-8-18-33)37-25-27-38(36-26-28-44-45(30-36)56-43-24-14-13-23-42(43)55-44)39(29-37)49-53-47(34-19-9-3-10-20-34)52-48(54-49)35-21-11-4-12-22-35/h1-31H. The average molecular weight is 722 g/mol. The topological polar surface area (TPSA) is 82.9 Å². The van der Waals surface area contributed by atoms with Gasteiger partial charge in [-0.25, -0.2) is 24.9 Å². The van der Waals surface area contributed by atoms with Gasteiger partial charge in [0.15, 0.2) is 46.3 Å². The fourth-order valence-corrected chi connectivity index (χ4v) is 6.83. The van der Waals surface area contributed by atoms with Crippen molar-refractivity contribution < 1.29 is 9.47 Å². The highest BCUT2D eigenvalue weighted by Gasteiger charge is 2.22. The summed E-state index contributed by atoms with van der Waals surface area (Å²) < 4.78 is 12.6. The molecule has 0 unspecified atom stereocenters. The van der Waals surface area contributed by atoms with E-state index in [4.69, 9.17) is 34.4 Å². The lowest BCUT2D eigenvalue weighted by Crippen LogP contribution is -2.02. The maximum atomic E-state index is 6.36. The van der Waals surface area contributed by atoms with Gasteiger partial charge in [0.1, 0.15) is 0 Å². The first-order valence-corrected chi connectivity index (χ1v) is 18.3. The number of aromatic nitrogens is 5. The minimum Gasteiger partial charge on any atom is -0.450 e. The molecule has 0 N–H and O–H groups in total. The third-order valence-electron chi connectivity index (χ3n) is 9.63. The van der Waals surface area contributed by atoms with Gasteiger partial charge in [-0.1, -0.05) is 152 Å². The van der Waals surface area contributed by atoms with E-state index in [0.717, 1.165) is 55.9 Å². The van der Waals surface area contributed by atoms with Gasteiger partial charge in [0, 0.05) is 33.4 Å². The van der Waals surface area contributed by atoms with Crippen LogP contribution in [0.15, 0.2) is 188 Å². The lowest BCUT2D eigenvalue weighted by atomic mass is 9.95. The van der Waals surface area contributed by atoms with Gasteiger partial charge in [-0.05, 0) is 47.5 Å². The van der Waals surface area contributed by atoms with E-state index >= 15 is 0 Å². The highest BCUT2D eigenvalue weighted by Crippen LogP contribution is 2.47. The third kappa shape index (κ3) is 6.44. The molecule has 0 fully saturated rings. The van der Waals surface area contributed by atoms with Gasteiger partial charge in [0.2, 0.25) is 0 Å². The van der Waals surface area contributed by atoms with Crippen LogP contribution in [0.1, 0.15) is 0 Å². The van der Waals surface area contributed by atoms with E-state index in [1.807, 2.05) is 158 Å². The molecule has 0 radical (unpaired) electrons. The summed E-state index contributed by atoms with van der Waals surface area (Å²) in [7, 11) is 0. The highest BCUT2D eigenvalue weighted by molar-refractivity contribution is 5.87. The lowest BCUT2D eigenvalue weighted by molar-refractivity contribution is 0.360. The second-order valence-electron chi connectivity index (χ2n) is 13.3. The normalized spacial score (nSPS) is 11.5. The molecule has 7 heteroatoms. The summed E-state index contributed by atoms with van der Waals surface area (Å²) in [4.78, 5) is 25.5. The molecule has 1 aliphatic heterocycles. The van der Waals surface area contributed by atoms with Crippen LogP contribution >= 0.6 is 0 Å². The number of benzene rings is 7. The quantitative estimate of drug-likeness (QED) is 0.162. The Morgan fingerprint density at radius 2 is 0.679 bits per heavy atom. The Morgan fingerprint density at radius 1 is 0.250 bits per heavy atom. The molecule has 264 valence electrons. The van der Waals surface area contributed by atoms with E-state index in [1.165, 1.54) is 0 Å². The number of ether oxygens (including phenoxy) is 2. The van der Waals surface area contributed by atoms with Gasteiger partial charge in [0.25, 0.3) is 0 Å². The van der Waals surface area contributed by atoms with Gasteiger partial charge in [-0.3, -0.25) is 0 Å². The molecule has 1 aliphatic rings. The number of rotatable bonds is 7. The second kappa shape index (κ2) is 14.2. The third-order valence-corrected chi connectivity index (χ3v) is 9.63. The van der Waals surface area contributed by atoms with Gasteiger partial charge < -0.3 is 9.47 Å². The predicted octanol–water partition coefficient (Wildman–Crippen LogP) is 12.2. The van der Waals surface area contributed by atoms with Crippen LogP contribution in [0.25, 0.3) is 79.2 Å². The van der Waals surface area contributed by atoms with Crippen molar-refractivity contribution in [2.24, 2.45) is 0 Å². The fourth-order valence-electron chi connectivity index (χ4n) is 6.83. The first-order valence-electron chi connectivity index (χ1n) is 18.3. The van der Waals surface area contributed by atoms with E-state index in [-0.39, 0.29) is 0 Å². The van der Waals surface area contributed by atoms with Gasteiger partial charge in [0.05, 0.1) is 11.4 Å². The summed E-state index contributed by atoms with van der Waals surface area (Å²) in [5, 5.41) is 0. The molecule has 0 spiro atoms.